The van der Waals surface area contributed by atoms with Crippen LogP contribution in [0.5, 0.6) is 0 Å². The normalized spacial score (nSPS) is 12.4. The summed E-state index contributed by atoms with van der Waals surface area (Å²) in [7, 11) is 0. The Balaban J connectivity index is 2.66. The fraction of sp³-hybridized carbons (Fsp3) is 0.167. The van der Waals surface area contributed by atoms with E-state index in [4.69, 9.17) is 11.1 Å². The number of hydrogen-bond donors (Lipinski definition) is 2. The first kappa shape index (κ1) is 14.9. The average molecular weight is 304 g/mol. The topological polar surface area (TPSA) is 67.7 Å². The first-order valence-electron chi connectivity index (χ1n) is 5.58. The van der Waals surface area contributed by atoms with Gasteiger partial charge in [-0.2, -0.15) is 27.1 Å². The maximum Gasteiger partial charge on any atom is 0.458 e. The van der Waals surface area contributed by atoms with E-state index < -0.39 is 29.1 Å². The van der Waals surface area contributed by atoms with Gasteiger partial charge in [0.25, 0.3) is 0 Å². The van der Waals surface area contributed by atoms with Gasteiger partial charge in [0.1, 0.15) is 5.84 Å². The maximum atomic E-state index is 13.6. The highest BCUT2D eigenvalue weighted by Gasteiger charge is 2.59. The van der Waals surface area contributed by atoms with Crippen molar-refractivity contribution in [1.82, 2.24) is 9.78 Å². The lowest BCUT2D eigenvalue weighted by Gasteiger charge is -2.22. The number of aromatic nitrogens is 2. The minimum atomic E-state index is -5.79. The molecule has 1 aromatic heterocycles. The molecule has 2 aromatic rings. The second kappa shape index (κ2) is 4.83. The molecule has 0 saturated heterocycles. The number of amidine groups is 1. The number of nitrogens with two attached hydrogens (primary N) is 1. The lowest BCUT2D eigenvalue weighted by molar-refractivity contribution is -0.289. The third-order valence-corrected chi connectivity index (χ3v) is 2.76. The molecule has 4 nitrogen and oxygen atoms in total. The number of halogens is 5. The summed E-state index contributed by atoms with van der Waals surface area (Å²) in [4.78, 5) is 0. The first-order chi connectivity index (χ1) is 9.64. The number of nitrogen functional groups attached to an aromatic ring is 1. The van der Waals surface area contributed by atoms with Crippen molar-refractivity contribution >= 4 is 5.84 Å². The van der Waals surface area contributed by atoms with Gasteiger partial charge in [0.15, 0.2) is 0 Å². The van der Waals surface area contributed by atoms with E-state index in [9.17, 15) is 22.0 Å². The zero-order valence-electron chi connectivity index (χ0n) is 10.3. The summed E-state index contributed by atoms with van der Waals surface area (Å²) in [6.07, 6.45) is -3.06. The Morgan fingerprint density at radius 1 is 1.19 bits per heavy atom. The molecule has 0 aliphatic rings. The van der Waals surface area contributed by atoms with Crippen LogP contribution in [-0.2, 0) is 5.92 Å². The van der Waals surface area contributed by atoms with Crippen molar-refractivity contribution in [3.05, 3.63) is 47.8 Å². The molecule has 0 aliphatic heterocycles. The maximum absolute atomic E-state index is 13.6. The molecule has 0 radical (unpaired) electrons. The molecule has 0 unspecified atom stereocenters. The van der Waals surface area contributed by atoms with Crippen LogP contribution in [0, 0.1) is 5.41 Å². The van der Waals surface area contributed by atoms with E-state index in [2.05, 4.69) is 5.10 Å². The Labute approximate surface area is 115 Å². The molecule has 2 rings (SSSR count). The van der Waals surface area contributed by atoms with E-state index in [1.165, 1.54) is 24.5 Å². The largest absolute Gasteiger partial charge is 0.458 e. The number of nitrogens with zero attached hydrogens (tertiary/aromatic N) is 2. The molecule has 3 N–H and O–H groups in total. The van der Waals surface area contributed by atoms with Crippen molar-refractivity contribution in [2.45, 2.75) is 12.1 Å². The highest BCUT2D eigenvalue weighted by molar-refractivity contribution is 5.97. The summed E-state index contributed by atoms with van der Waals surface area (Å²) < 4.78 is 66.0. The van der Waals surface area contributed by atoms with Crippen LogP contribution in [0.3, 0.4) is 0 Å². The van der Waals surface area contributed by atoms with Crippen LogP contribution in [-0.4, -0.2) is 21.8 Å². The van der Waals surface area contributed by atoms with Crippen molar-refractivity contribution in [3.63, 3.8) is 0 Å². The predicted octanol–water partition coefficient (Wildman–Crippen LogP) is 2.81. The zero-order valence-corrected chi connectivity index (χ0v) is 10.3. The highest BCUT2D eigenvalue weighted by Crippen LogP contribution is 2.45. The van der Waals surface area contributed by atoms with Gasteiger partial charge in [-0.25, -0.2) is 4.68 Å². The van der Waals surface area contributed by atoms with Crippen LogP contribution in [0.4, 0.5) is 22.0 Å². The summed E-state index contributed by atoms with van der Waals surface area (Å²) in [5.74, 6) is -6.00. The van der Waals surface area contributed by atoms with E-state index in [1.54, 1.807) is 0 Å². The van der Waals surface area contributed by atoms with E-state index in [-0.39, 0.29) is 5.69 Å². The molecule has 0 atom stereocenters. The van der Waals surface area contributed by atoms with Gasteiger partial charge in [-0.1, -0.05) is 0 Å². The Kier molecular flexibility index (Phi) is 3.44. The summed E-state index contributed by atoms with van der Waals surface area (Å²) >= 11 is 0. The van der Waals surface area contributed by atoms with Crippen LogP contribution in [0.1, 0.15) is 11.1 Å². The Hall–Kier alpha value is -2.45. The third-order valence-electron chi connectivity index (χ3n) is 2.76. The van der Waals surface area contributed by atoms with Gasteiger partial charge in [-0.3, -0.25) is 5.41 Å². The molecule has 0 bridgehead atoms. The SMILES string of the molecule is N=C(N)c1ccc(-n2cccn2)cc1C(F)(F)C(F)(F)F. The third kappa shape index (κ3) is 2.58. The van der Waals surface area contributed by atoms with Gasteiger partial charge in [-0.05, 0) is 24.3 Å². The Bertz CT molecular complexity index is 661. The molecular weight excluding hydrogens is 295 g/mol. The summed E-state index contributed by atoms with van der Waals surface area (Å²) in [5, 5.41) is 10.9. The molecule has 0 aliphatic carbocycles. The van der Waals surface area contributed by atoms with Crippen LogP contribution in [0.25, 0.3) is 5.69 Å². The van der Waals surface area contributed by atoms with E-state index in [1.807, 2.05) is 0 Å². The van der Waals surface area contributed by atoms with E-state index in [0.29, 0.717) is 6.07 Å². The van der Waals surface area contributed by atoms with Gasteiger partial charge in [0.05, 0.1) is 5.69 Å². The second-order valence-electron chi connectivity index (χ2n) is 4.17. The fourth-order valence-electron chi connectivity index (χ4n) is 1.74. The Morgan fingerprint density at radius 2 is 1.86 bits per heavy atom. The van der Waals surface area contributed by atoms with Crippen molar-refractivity contribution in [3.8, 4) is 5.69 Å². The van der Waals surface area contributed by atoms with Crippen molar-refractivity contribution in [2.24, 2.45) is 5.73 Å². The van der Waals surface area contributed by atoms with Gasteiger partial charge < -0.3 is 5.73 Å². The molecule has 1 aromatic carbocycles. The van der Waals surface area contributed by atoms with Crippen LogP contribution in [0.2, 0.25) is 0 Å². The van der Waals surface area contributed by atoms with Crippen molar-refractivity contribution < 1.29 is 22.0 Å². The van der Waals surface area contributed by atoms with Crippen molar-refractivity contribution in [2.75, 3.05) is 0 Å². The van der Waals surface area contributed by atoms with E-state index >= 15 is 0 Å². The minimum Gasteiger partial charge on any atom is -0.384 e. The van der Waals surface area contributed by atoms with Crippen LogP contribution in [0.15, 0.2) is 36.7 Å². The predicted molar refractivity (Wildman–Crippen MR) is 64.5 cm³/mol. The van der Waals surface area contributed by atoms with Crippen LogP contribution < -0.4 is 5.73 Å². The molecule has 0 saturated carbocycles. The molecule has 0 fully saturated rings. The second-order valence-corrected chi connectivity index (χ2v) is 4.17. The number of rotatable bonds is 3. The molecule has 21 heavy (non-hydrogen) atoms. The lowest BCUT2D eigenvalue weighted by Crippen LogP contribution is -2.36. The minimum absolute atomic E-state index is 0.00363. The zero-order chi connectivity index (χ0) is 15.8. The quantitative estimate of drug-likeness (QED) is 0.520. The highest BCUT2D eigenvalue weighted by atomic mass is 19.4. The fourth-order valence-corrected chi connectivity index (χ4v) is 1.74. The van der Waals surface area contributed by atoms with Gasteiger partial charge in [0, 0.05) is 23.5 Å². The average Bonchev–Trinajstić information content (AvgIpc) is 2.90. The summed E-state index contributed by atoms with van der Waals surface area (Å²) in [5.41, 5.74) is 3.04. The monoisotopic (exact) mass is 304 g/mol. The number of hydrogen-bond acceptors (Lipinski definition) is 2. The lowest BCUT2D eigenvalue weighted by atomic mass is 9.99. The van der Waals surface area contributed by atoms with Gasteiger partial charge >= 0.3 is 12.1 Å². The van der Waals surface area contributed by atoms with Gasteiger partial charge in [0.2, 0.25) is 0 Å². The van der Waals surface area contributed by atoms with E-state index in [0.717, 1.165) is 10.7 Å². The molecule has 0 amide bonds. The standard InChI is InChI=1S/C12H9F5N4/c13-11(14,12(15,16)17)9-6-7(21-5-1-4-20-21)2-3-8(9)10(18)19/h1-6H,(H3,18,19). The molecule has 1 heterocycles. The van der Waals surface area contributed by atoms with Crippen LogP contribution >= 0.6 is 0 Å². The smallest absolute Gasteiger partial charge is 0.384 e. The molecule has 0 spiro atoms. The molecular formula is C12H9F5N4. The summed E-state index contributed by atoms with van der Waals surface area (Å²) in [6.45, 7) is 0. The number of nitrogens with one attached hydrogen (secondary N) is 1. The molecule has 9 heteroatoms. The number of benzene rings is 1. The molecule has 112 valence electrons. The summed E-state index contributed by atoms with van der Waals surface area (Å²) in [6, 6.07) is 4.30. The van der Waals surface area contributed by atoms with Crippen molar-refractivity contribution in [1.29, 1.82) is 5.41 Å². The number of alkyl halides is 5. The first-order valence-corrected chi connectivity index (χ1v) is 5.58. The van der Waals surface area contributed by atoms with Gasteiger partial charge in [-0.15, -0.1) is 0 Å². The Morgan fingerprint density at radius 3 is 2.33 bits per heavy atom.